The highest BCUT2D eigenvalue weighted by molar-refractivity contribution is 5.84. The standard InChI is InChI=1S/C18H27NO2/c1-7-8-19-12(2)16-10-13-9-14(20-6)11-15(17(13)21-16)18(3,4)5/h9-12,19H,7-8H2,1-6H3. The summed E-state index contributed by atoms with van der Waals surface area (Å²) in [5.41, 5.74) is 2.18. The normalized spacial score (nSPS) is 13.6. The first-order valence-corrected chi connectivity index (χ1v) is 7.72. The number of hydrogen-bond acceptors (Lipinski definition) is 3. The molecule has 1 aromatic heterocycles. The highest BCUT2D eigenvalue weighted by Gasteiger charge is 2.22. The van der Waals surface area contributed by atoms with Crippen LogP contribution >= 0.6 is 0 Å². The molecule has 0 aliphatic carbocycles. The third-order valence-electron chi connectivity index (χ3n) is 3.78. The minimum Gasteiger partial charge on any atom is -0.497 e. The van der Waals surface area contributed by atoms with E-state index in [1.807, 2.05) is 6.07 Å². The molecule has 0 radical (unpaired) electrons. The summed E-state index contributed by atoms with van der Waals surface area (Å²) in [5.74, 6) is 1.87. The molecule has 0 fully saturated rings. The van der Waals surface area contributed by atoms with Crippen LogP contribution in [0, 0.1) is 0 Å². The molecule has 2 aromatic rings. The Labute approximate surface area is 127 Å². The lowest BCUT2D eigenvalue weighted by atomic mass is 9.86. The molecule has 0 aliphatic heterocycles. The first-order valence-electron chi connectivity index (χ1n) is 7.72. The van der Waals surface area contributed by atoms with Crippen molar-refractivity contribution in [2.75, 3.05) is 13.7 Å². The summed E-state index contributed by atoms with van der Waals surface area (Å²) in [6.07, 6.45) is 1.12. The van der Waals surface area contributed by atoms with Crippen molar-refractivity contribution in [3.05, 3.63) is 29.5 Å². The molecule has 3 heteroatoms. The highest BCUT2D eigenvalue weighted by Crippen LogP contribution is 2.36. The molecule has 21 heavy (non-hydrogen) atoms. The summed E-state index contributed by atoms with van der Waals surface area (Å²) in [6.45, 7) is 11.9. The van der Waals surface area contributed by atoms with Gasteiger partial charge in [0.2, 0.25) is 0 Å². The average molecular weight is 289 g/mol. The topological polar surface area (TPSA) is 34.4 Å². The molecule has 1 atom stereocenters. The fraction of sp³-hybridized carbons (Fsp3) is 0.556. The number of hydrogen-bond donors (Lipinski definition) is 1. The van der Waals surface area contributed by atoms with Gasteiger partial charge in [0.25, 0.3) is 0 Å². The second-order valence-electron chi connectivity index (χ2n) is 6.67. The van der Waals surface area contributed by atoms with Crippen LogP contribution in [0.1, 0.15) is 58.4 Å². The number of benzene rings is 1. The Balaban J connectivity index is 2.50. The van der Waals surface area contributed by atoms with Crippen LogP contribution in [-0.4, -0.2) is 13.7 Å². The number of rotatable bonds is 5. The van der Waals surface area contributed by atoms with Gasteiger partial charge in [0, 0.05) is 10.9 Å². The Morgan fingerprint density at radius 2 is 1.95 bits per heavy atom. The summed E-state index contributed by atoms with van der Waals surface area (Å²) in [4.78, 5) is 0. The Morgan fingerprint density at radius 1 is 1.24 bits per heavy atom. The molecular formula is C18H27NO2. The predicted octanol–water partition coefficient (Wildman–Crippen LogP) is 4.80. The number of fused-ring (bicyclic) bond motifs is 1. The number of methoxy groups -OCH3 is 1. The maximum absolute atomic E-state index is 6.17. The van der Waals surface area contributed by atoms with E-state index in [1.54, 1.807) is 7.11 Å². The van der Waals surface area contributed by atoms with Crippen LogP contribution in [0.2, 0.25) is 0 Å². The van der Waals surface area contributed by atoms with Crippen molar-refractivity contribution in [1.82, 2.24) is 5.32 Å². The molecular weight excluding hydrogens is 262 g/mol. The van der Waals surface area contributed by atoms with E-state index in [0.717, 1.165) is 35.4 Å². The van der Waals surface area contributed by atoms with Gasteiger partial charge >= 0.3 is 0 Å². The van der Waals surface area contributed by atoms with Crippen molar-refractivity contribution in [1.29, 1.82) is 0 Å². The zero-order chi connectivity index (χ0) is 15.6. The summed E-state index contributed by atoms with van der Waals surface area (Å²) >= 11 is 0. The van der Waals surface area contributed by atoms with Gasteiger partial charge in [0.15, 0.2) is 0 Å². The minimum absolute atomic E-state index is 0.0159. The number of furan rings is 1. The summed E-state index contributed by atoms with van der Waals surface area (Å²) in [7, 11) is 1.71. The van der Waals surface area contributed by atoms with Gasteiger partial charge in [-0.2, -0.15) is 0 Å². The van der Waals surface area contributed by atoms with Gasteiger partial charge in [-0.15, -0.1) is 0 Å². The Bertz CT molecular complexity index is 607. The summed E-state index contributed by atoms with van der Waals surface area (Å²) < 4.78 is 11.6. The van der Waals surface area contributed by atoms with Gasteiger partial charge in [-0.05, 0) is 43.5 Å². The third kappa shape index (κ3) is 3.41. The molecule has 2 rings (SSSR count). The van der Waals surface area contributed by atoms with E-state index >= 15 is 0 Å². The van der Waals surface area contributed by atoms with E-state index in [4.69, 9.17) is 9.15 Å². The van der Waals surface area contributed by atoms with Crippen molar-refractivity contribution in [3.63, 3.8) is 0 Å². The average Bonchev–Trinajstić information content (AvgIpc) is 2.86. The van der Waals surface area contributed by atoms with E-state index < -0.39 is 0 Å². The maximum atomic E-state index is 6.17. The fourth-order valence-electron chi connectivity index (χ4n) is 2.50. The van der Waals surface area contributed by atoms with Crippen molar-refractivity contribution in [2.45, 2.75) is 52.5 Å². The van der Waals surface area contributed by atoms with Crippen LogP contribution < -0.4 is 10.1 Å². The molecule has 0 bridgehead atoms. The largest absolute Gasteiger partial charge is 0.497 e. The molecule has 0 amide bonds. The number of ether oxygens (including phenoxy) is 1. The second-order valence-corrected chi connectivity index (χ2v) is 6.67. The van der Waals surface area contributed by atoms with Crippen LogP contribution in [0.25, 0.3) is 11.0 Å². The molecule has 0 saturated heterocycles. The molecule has 0 aliphatic rings. The van der Waals surface area contributed by atoms with Crippen molar-refractivity contribution >= 4 is 11.0 Å². The van der Waals surface area contributed by atoms with E-state index in [9.17, 15) is 0 Å². The summed E-state index contributed by atoms with van der Waals surface area (Å²) in [5, 5.41) is 4.58. The van der Waals surface area contributed by atoms with E-state index in [0.29, 0.717) is 0 Å². The quantitative estimate of drug-likeness (QED) is 0.858. The molecule has 1 aromatic carbocycles. The monoisotopic (exact) mass is 289 g/mol. The lowest BCUT2D eigenvalue weighted by molar-refractivity contribution is 0.412. The molecule has 116 valence electrons. The maximum Gasteiger partial charge on any atom is 0.138 e. The molecule has 3 nitrogen and oxygen atoms in total. The smallest absolute Gasteiger partial charge is 0.138 e. The van der Waals surface area contributed by atoms with Crippen molar-refractivity contribution in [3.8, 4) is 5.75 Å². The number of nitrogens with one attached hydrogen (secondary N) is 1. The van der Waals surface area contributed by atoms with E-state index in [2.05, 4.69) is 52.1 Å². The van der Waals surface area contributed by atoms with Gasteiger partial charge < -0.3 is 14.5 Å². The van der Waals surface area contributed by atoms with E-state index in [1.165, 1.54) is 5.56 Å². The van der Waals surface area contributed by atoms with Crippen LogP contribution in [0.15, 0.2) is 22.6 Å². The SMILES string of the molecule is CCCNC(C)c1cc2cc(OC)cc(C(C)(C)C)c2o1. The molecule has 0 saturated carbocycles. The Kier molecular flexibility index (Phi) is 4.62. The molecule has 1 heterocycles. The van der Waals surface area contributed by atoms with Crippen LogP contribution in [-0.2, 0) is 5.41 Å². The summed E-state index contributed by atoms with van der Waals surface area (Å²) in [6, 6.07) is 6.47. The fourth-order valence-corrected chi connectivity index (χ4v) is 2.50. The lowest BCUT2D eigenvalue weighted by Gasteiger charge is -2.20. The Morgan fingerprint density at radius 3 is 2.52 bits per heavy atom. The molecule has 0 spiro atoms. The van der Waals surface area contributed by atoms with Gasteiger partial charge in [-0.25, -0.2) is 0 Å². The zero-order valence-electron chi connectivity index (χ0n) is 14.0. The van der Waals surface area contributed by atoms with Crippen molar-refractivity contribution < 1.29 is 9.15 Å². The third-order valence-corrected chi connectivity index (χ3v) is 3.78. The minimum atomic E-state index is 0.0159. The second kappa shape index (κ2) is 6.10. The Hall–Kier alpha value is -1.48. The zero-order valence-corrected chi connectivity index (χ0v) is 14.0. The van der Waals surface area contributed by atoms with Gasteiger partial charge in [-0.3, -0.25) is 0 Å². The van der Waals surface area contributed by atoms with Crippen LogP contribution in [0.3, 0.4) is 0 Å². The predicted molar refractivity (Wildman–Crippen MR) is 88.2 cm³/mol. The van der Waals surface area contributed by atoms with Crippen molar-refractivity contribution in [2.24, 2.45) is 0 Å². The van der Waals surface area contributed by atoms with Crippen LogP contribution in [0.4, 0.5) is 0 Å². The lowest BCUT2D eigenvalue weighted by Crippen LogP contribution is -2.18. The first-order chi connectivity index (χ1) is 9.86. The molecule has 1 N–H and O–H groups in total. The highest BCUT2D eigenvalue weighted by atomic mass is 16.5. The first kappa shape index (κ1) is 15.9. The van der Waals surface area contributed by atoms with Gasteiger partial charge in [0.1, 0.15) is 17.1 Å². The molecule has 1 unspecified atom stereocenters. The van der Waals surface area contributed by atoms with Crippen LogP contribution in [0.5, 0.6) is 5.75 Å². The van der Waals surface area contributed by atoms with Gasteiger partial charge in [0.05, 0.1) is 13.2 Å². The van der Waals surface area contributed by atoms with E-state index in [-0.39, 0.29) is 11.5 Å². The van der Waals surface area contributed by atoms with Gasteiger partial charge in [-0.1, -0.05) is 27.7 Å².